The van der Waals surface area contributed by atoms with Crippen LogP contribution in [-0.2, 0) is 4.74 Å². The van der Waals surface area contributed by atoms with Gasteiger partial charge in [-0.1, -0.05) is 32.0 Å². The van der Waals surface area contributed by atoms with E-state index >= 15 is 0 Å². The summed E-state index contributed by atoms with van der Waals surface area (Å²) < 4.78 is 4.97. The smallest absolute Gasteiger partial charge is 0.338 e. The quantitative estimate of drug-likeness (QED) is 0.743. The highest BCUT2D eigenvalue weighted by Crippen LogP contribution is 2.16. The molecule has 17 heavy (non-hydrogen) atoms. The van der Waals surface area contributed by atoms with Crippen LogP contribution in [0.3, 0.4) is 0 Å². The lowest BCUT2D eigenvalue weighted by Crippen LogP contribution is -2.05. The molecule has 0 N–H and O–H groups in total. The van der Waals surface area contributed by atoms with Gasteiger partial charge in [-0.25, -0.2) is 4.79 Å². The lowest BCUT2D eigenvalue weighted by molar-refractivity contribution is 0.0528. The molecule has 1 aromatic carbocycles. The van der Waals surface area contributed by atoms with Crippen molar-refractivity contribution in [2.24, 2.45) is 0 Å². The average Bonchev–Trinajstić information content (AvgIpc) is 2.40. The predicted octanol–water partition coefficient (Wildman–Crippen LogP) is 3.44. The Balaban J connectivity index is 0.000000686. The first-order chi connectivity index (χ1) is 8.33. The zero-order valence-corrected chi connectivity index (χ0v) is 10.4. The van der Waals surface area contributed by atoms with Gasteiger partial charge in [0.05, 0.1) is 17.7 Å². The largest absolute Gasteiger partial charge is 0.462 e. The van der Waals surface area contributed by atoms with Crippen LogP contribution in [0, 0.1) is 0 Å². The van der Waals surface area contributed by atoms with Gasteiger partial charge in [-0.3, -0.25) is 4.98 Å². The minimum atomic E-state index is -0.295. The van der Waals surface area contributed by atoms with Gasteiger partial charge in [0.15, 0.2) is 0 Å². The van der Waals surface area contributed by atoms with E-state index in [1.807, 2.05) is 38.1 Å². The zero-order chi connectivity index (χ0) is 12.7. The van der Waals surface area contributed by atoms with Crippen molar-refractivity contribution in [3.05, 3.63) is 42.1 Å². The summed E-state index contributed by atoms with van der Waals surface area (Å²) in [5.41, 5.74) is 1.38. The molecule has 0 spiro atoms. The number of fused-ring (bicyclic) bond motifs is 1. The number of ether oxygens (including phenoxy) is 1. The van der Waals surface area contributed by atoms with Gasteiger partial charge in [-0.2, -0.15) is 0 Å². The summed E-state index contributed by atoms with van der Waals surface area (Å²) in [6, 6.07) is 9.20. The van der Waals surface area contributed by atoms with Gasteiger partial charge < -0.3 is 4.74 Å². The average molecular weight is 231 g/mol. The van der Waals surface area contributed by atoms with Crippen LogP contribution in [0.2, 0.25) is 0 Å². The predicted molar refractivity (Wildman–Crippen MR) is 69.0 cm³/mol. The molecule has 0 bridgehead atoms. The molecule has 2 aromatic rings. The maximum absolute atomic E-state index is 11.6. The number of para-hydroxylation sites is 1. The molecule has 0 saturated heterocycles. The monoisotopic (exact) mass is 231 g/mol. The van der Waals surface area contributed by atoms with Gasteiger partial charge in [0.1, 0.15) is 0 Å². The lowest BCUT2D eigenvalue weighted by Gasteiger charge is -2.04. The minimum Gasteiger partial charge on any atom is -0.462 e. The van der Waals surface area contributed by atoms with Gasteiger partial charge in [0, 0.05) is 11.6 Å². The second kappa shape index (κ2) is 6.63. The second-order valence-electron chi connectivity index (χ2n) is 3.10. The van der Waals surface area contributed by atoms with Crippen LogP contribution in [-0.4, -0.2) is 17.6 Å². The number of aromatic nitrogens is 1. The van der Waals surface area contributed by atoms with Crippen molar-refractivity contribution in [3.63, 3.8) is 0 Å². The van der Waals surface area contributed by atoms with Gasteiger partial charge in [0.2, 0.25) is 0 Å². The highest BCUT2D eigenvalue weighted by Gasteiger charge is 2.10. The Kier molecular flexibility index (Phi) is 5.14. The summed E-state index contributed by atoms with van der Waals surface area (Å²) in [5.74, 6) is -0.295. The van der Waals surface area contributed by atoms with Crippen molar-refractivity contribution in [1.82, 2.24) is 4.98 Å². The number of nitrogens with zero attached hydrogens (tertiary/aromatic N) is 1. The maximum Gasteiger partial charge on any atom is 0.338 e. The van der Waals surface area contributed by atoms with E-state index in [1.165, 1.54) is 0 Å². The standard InChI is InChI=1S/C12H11NO2.C2H6/c1-2-15-12(14)10-7-8-13-11-6-4-3-5-9(10)11;1-2/h3-8H,2H2,1H3;1-2H3. The van der Waals surface area contributed by atoms with E-state index in [4.69, 9.17) is 4.74 Å². The Hall–Kier alpha value is -1.90. The van der Waals surface area contributed by atoms with Gasteiger partial charge in [-0.05, 0) is 19.1 Å². The van der Waals surface area contributed by atoms with E-state index in [1.54, 1.807) is 19.2 Å². The van der Waals surface area contributed by atoms with Crippen molar-refractivity contribution >= 4 is 16.9 Å². The summed E-state index contributed by atoms with van der Waals surface area (Å²) in [7, 11) is 0. The molecular formula is C14H17NO2. The van der Waals surface area contributed by atoms with Crippen molar-refractivity contribution < 1.29 is 9.53 Å². The van der Waals surface area contributed by atoms with Crippen LogP contribution in [0.5, 0.6) is 0 Å². The van der Waals surface area contributed by atoms with Crippen LogP contribution >= 0.6 is 0 Å². The van der Waals surface area contributed by atoms with Gasteiger partial charge in [0.25, 0.3) is 0 Å². The third kappa shape index (κ3) is 3.03. The van der Waals surface area contributed by atoms with Crippen LogP contribution in [0.1, 0.15) is 31.1 Å². The molecule has 0 unspecified atom stereocenters. The first kappa shape index (κ1) is 13.2. The van der Waals surface area contributed by atoms with E-state index in [0.29, 0.717) is 12.2 Å². The molecule has 2 rings (SSSR count). The molecule has 3 heteroatoms. The third-order valence-electron chi connectivity index (χ3n) is 2.14. The molecule has 0 fully saturated rings. The van der Waals surface area contributed by atoms with E-state index < -0.39 is 0 Å². The number of hydrogen-bond donors (Lipinski definition) is 0. The van der Waals surface area contributed by atoms with E-state index in [9.17, 15) is 4.79 Å². The molecular weight excluding hydrogens is 214 g/mol. The molecule has 0 atom stereocenters. The summed E-state index contributed by atoms with van der Waals surface area (Å²) in [6.07, 6.45) is 1.62. The molecule has 1 heterocycles. The fraction of sp³-hybridized carbons (Fsp3) is 0.286. The fourth-order valence-corrected chi connectivity index (χ4v) is 1.48. The summed E-state index contributed by atoms with van der Waals surface area (Å²) in [5, 5.41) is 0.832. The number of hydrogen-bond acceptors (Lipinski definition) is 3. The molecule has 0 radical (unpaired) electrons. The minimum absolute atomic E-state index is 0.295. The number of benzene rings is 1. The maximum atomic E-state index is 11.6. The first-order valence-electron chi connectivity index (χ1n) is 5.84. The zero-order valence-electron chi connectivity index (χ0n) is 10.4. The lowest BCUT2D eigenvalue weighted by atomic mass is 10.1. The molecule has 90 valence electrons. The molecule has 0 aliphatic carbocycles. The number of carbonyl (C=O) groups is 1. The van der Waals surface area contributed by atoms with Crippen LogP contribution < -0.4 is 0 Å². The third-order valence-corrected chi connectivity index (χ3v) is 2.14. The van der Waals surface area contributed by atoms with E-state index in [2.05, 4.69) is 4.98 Å². The van der Waals surface area contributed by atoms with Crippen molar-refractivity contribution in [2.75, 3.05) is 6.61 Å². The summed E-state index contributed by atoms with van der Waals surface area (Å²) in [6.45, 7) is 6.18. The Morgan fingerprint density at radius 2 is 1.94 bits per heavy atom. The van der Waals surface area contributed by atoms with Crippen LogP contribution in [0.4, 0.5) is 0 Å². The van der Waals surface area contributed by atoms with Crippen molar-refractivity contribution in [2.45, 2.75) is 20.8 Å². The first-order valence-corrected chi connectivity index (χ1v) is 5.84. The molecule has 0 amide bonds. The Bertz CT molecular complexity index is 489. The molecule has 1 aromatic heterocycles. The van der Waals surface area contributed by atoms with Gasteiger partial charge in [-0.15, -0.1) is 0 Å². The number of pyridine rings is 1. The fourth-order valence-electron chi connectivity index (χ4n) is 1.48. The van der Waals surface area contributed by atoms with Crippen molar-refractivity contribution in [3.8, 4) is 0 Å². The molecule has 0 aliphatic heterocycles. The normalized spacial score (nSPS) is 9.35. The van der Waals surface area contributed by atoms with E-state index in [-0.39, 0.29) is 5.97 Å². The Labute approximate surface area is 101 Å². The summed E-state index contributed by atoms with van der Waals surface area (Å²) >= 11 is 0. The topological polar surface area (TPSA) is 39.2 Å². The highest BCUT2D eigenvalue weighted by molar-refractivity contribution is 6.03. The highest BCUT2D eigenvalue weighted by atomic mass is 16.5. The number of carbonyl (C=O) groups excluding carboxylic acids is 1. The number of esters is 1. The SMILES string of the molecule is CC.CCOC(=O)c1ccnc2ccccc12. The Morgan fingerprint density at radius 1 is 1.24 bits per heavy atom. The Morgan fingerprint density at radius 3 is 2.65 bits per heavy atom. The van der Waals surface area contributed by atoms with Gasteiger partial charge >= 0.3 is 5.97 Å². The van der Waals surface area contributed by atoms with Crippen LogP contribution in [0.25, 0.3) is 10.9 Å². The number of rotatable bonds is 2. The van der Waals surface area contributed by atoms with E-state index in [0.717, 1.165) is 10.9 Å². The van der Waals surface area contributed by atoms with Crippen LogP contribution in [0.15, 0.2) is 36.5 Å². The van der Waals surface area contributed by atoms with Crippen molar-refractivity contribution in [1.29, 1.82) is 0 Å². The second-order valence-corrected chi connectivity index (χ2v) is 3.10. The molecule has 0 aliphatic rings. The summed E-state index contributed by atoms with van der Waals surface area (Å²) in [4.78, 5) is 15.8. The molecule has 0 saturated carbocycles. The molecule has 3 nitrogen and oxygen atoms in total.